The molecule has 0 saturated carbocycles. The topological polar surface area (TPSA) is 49.4 Å². The van der Waals surface area contributed by atoms with Crippen molar-refractivity contribution in [1.82, 2.24) is 0 Å². The molecule has 3 rings (SSSR count). The number of benzene rings is 2. The number of nitrogens with one attached hydrogen (secondary N) is 1. The van der Waals surface area contributed by atoms with Gasteiger partial charge in [-0.25, -0.2) is 0 Å². The molecule has 24 heavy (non-hydrogen) atoms. The number of anilines is 2. The summed E-state index contributed by atoms with van der Waals surface area (Å²) in [6.45, 7) is 0.768. The van der Waals surface area contributed by atoms with Gasteiger partial charge in [-0.3, -0.25) is 9.59 Å². The molecule has 0 atom stereocenters. The van der Waals surface area contributed by atoms with Gasteiger partial charge >= 0.3 is 0 Å². The fraction of sp³-hybridized carbons (Fsp3) is 0.158. The molecule has 2 aromatic carbocycles. The van der Waals surface area contributed by atoms with E-state index >= 15 is 0 Å². The molecule has 5 heteroatoms. The molecule has 4 nitrogen and oxygen atoms in total. The van der Waals surface area contributed by atoms with E-state index in [2.05, 4.69) is 5.32 Å². The second kappa shape index (κ2) is 7.84. The van der Waals surface area contributed by atoms with Crippen molar-refractivity contribution in [2.45, 2.75) is 17.7 Å². The Hall–Kier alpha value is -2.53. The van der Waals surface area contributed by atoms with E-state index in [1.807, 2.05) is 54.6 Å². The van der Waals surface area contributed by atoms with Gasteiger partial charge in [0.2, 0.25) is 11.8 Å². The van der Waals surface area contributed by atoms with Crippen LogP contribution in [0.4, 0.5) is 11.4 Å². The summed E-state index contributed by atoms with van der Waals surface area (Å²) in [5.41, 5.74) is 1.59. The molecule has 1 aliphatic rings. The highest BCUT2D eigenvalue weighted by Crippen LogP contribution is 2.23. The Kier molecular flexibility index (Phi) is 5.33. The number of carbonyl (C=O) groups is 2. The zero-order chi connectivity index (χ0) is 16.8. The summed E-state index contributed by atoms with van der Waals surface area (Å²) < 4.78 is 0. The lowest BCUT2D eigenvalue weighted by molar-refractivity contribution is -0.117. The Balaban J connectivity index is 1.53. The van der Waals surface area contributed by atoms with Crippen LogP contribution in [-0.2, 0) is 9.59 Å². The molecular formula is C19H18N2O2S. The van der Waals surface area contributed by atoms with Gasteiger partial charge in [0, 0.05) is 35.3 Å². The average Bonchev–Trinajstić information content (AvgIpc) is 3.03. The molecule has 0 aromatic heterocycles. The minimum Gasteiger partial charge on any atom is -0.322 e. The summed E-state index contributed by atoms with van der Waals surface area (Å²) in [6.07, 6.45) is 3.03. The maximum absolute atomic E-state index is 11.9. The first-order chi connectivity index (χ1) is 11.7. The zero-order valence-corrected chi connectivity index (χ0v) is 14.0. The van der Waals surface area contributed by atoms with Crippen molar-refractivity contribution in [3.63, 3.8) is 0 Å². The van der Waals surface area contributed by atoms with Gasteiger partial charge in [-0.15, -0.1) is 0 Å². The summed E-state index contributed by atoms with van der Waals surface area (Å²) in [6, 6.07) is 17.2. The molecule has 0 spiro atoms. The highest BCUT2D eigenvalue weighted by Gasteiger charge is 2.21. The van der Waals surface area contributed by atoms with Crippen molar-refractivity contribution in [2.75, 3.05) is 16.8 Å². The first kappa shape index (κ1) is 16.3. The van der Waals surface area contributed by atoms with E-state index in [0.717, 1.165) is 23.5 Å². The van der Waals surface area contributed by atoms with Crippen LogP contribution >= 0.6 is 11.8 Å². The SMILES string of the molecule is O=C(/C=C/Sc1ccccc1)Nc1ccc(N2CCCC2=O)cc1. The molecule has 1 fully saturated rings. The van der Waals surface area contributed by atoms with Crippen LogP contribution in [0.25, 0.3) is 0 Å². The minimum atomic E-state index is -0.177. The molecule has 0 bridgehead atoms. The number of amides is 2. The van der Waals surface area contributed by atoms with E-state index in [0.29, 0.717) is 12.1 Å². The van der Waals surface area contributed by atoms with Crippen LogP contribution in [0.3, 0.4) is 0 Å². The van der Waals surface area contributed by atoms with E-state index in [-0.39, 0.29) is 11.8 Å². The lowest BCUT2D eigenvalue weighted by atomic mass is 10.2. The van der Waals surface area contributed by atoms with Crippen LogP contribution in [0.15, 0.2) is 71.0 Å². The maximum Gasteiger partial charge on any atom is 0.248 e. The largest absolute Gasteiger partial charge is 0.322 e. The lowest BCUT2D eigenvalue weighted by Crippen LogP contribution is -2.23. The van der Waals surface area contributed by atoms with Crippen molar-refractivity contribution in [3.05, 3.63) is 66.1 Å². The number of carbonyl (C=O) groups excluding carboxylic acids is 2. The first-order valence-electron chi connectivity index (χ1n) is 7.82. The molecule has 0 unspecified atom stereocenters. The van der Waals surface area contributed by atoms with Crippen LogP contribution in [-0.4, -0.2) is 18.4 Å². The fourth-order valence-electron chi connectivity index (χ4n) is 2.50. The Labute approximate surface area is 145 Å². The first-order valence-corrected chi connectivity index (χ1v) is 8.70. The Morgan fingerprint density at radius 1 is 1.08 bits per heavy atom. The minimum absolute atomic E-state index is 0.160. The Bertz CT molecular complexity index is 742. The Morgan fingerprint density at radius 2 is 1.83 bits per heavy atom. The third-order valence-electron chi connectivity index (χ3n) is 3.69. The predicted octanol–water partition coefficient (Wildman–Crippen LogP) is 4.06. The van der Waals surface area contributed by atoms with Crippen molar-refractivity contribution in [3.8, 4) is 0 Å². The van der Waals surface area contributed by atoms with E-state index in [1.54, 1.807) is 10.3 Å². The van der Waals surface area contributed by atoms with Gasteiger partial charge in [0.25, 0.3) is 0 Å². The molecular weight excluding hydrogens is 320 g/mol. The van der Waals surface area contributed by atoms with Gasteiger partial charge in [-0.1, -0.05) is 30.0 Å². The third-order valence-corrected chi connectivity index (χ3v) is 4.50. The standard InChI is InChI=1S/C19H18N2O2S/c22-18(12-14-24-17-5-2-1-3-6-17)20-15-8-10-16(11-9-15)21-13-4-7-19(21)23/h1-3,5-6,8-12,14H,4,7,13H2,(H,20,22)/b14-12+. The van der Waals surface area contributed by atoms with Crippen LogP contribution in [0, 0.1) is 0 Å². The van der Waals surface area contributed by atoms with Crippen molar-refractivity contribution in [1.29, 1.82) is 0 Å². The van der Waals surface area contributed by atoms with Crippen molar-refractivity contribution >= 4 is 35.0 Å². The zero-order valence-electron chi connectivity index (χ0n) is 13.1. The second-order valence-corrected chi connectivity index (χ2v) is 6.40. The summed E-state index contributed by atoms with van der Waals surface area (Å²) in [7, 11) is 0. The molecule has 1 saturated heterocycles. The van der Waals surface area contributed by atoms with Gasteiger partial charge in [0.1, 0.15) is 0 Å². The summed E-state index contributed by atoms with van der Waals surface area (Å²) in [5.74, 6) is -0.0175. The van der Waals surface area contributed by atoms with Crippen LogP contribution < -0.4 is 10.2 Å². The molecule has 1 heterocycles. The molecule has 1 N–H and O–H groups in total. The van der Waals surface area contributed by atoms with Crippen LogP contribution in [0.1, 0.15) is 12.8 Å². The van der Waals surface area contributed by atoms with E-state index < -0.39 is 0 Å². The van der Waals surface area contributed by atoms with Gasteiger partial charge in [0.05, 0.1) is 0 Å². The monoisotopic (exact) mass is 338 g/mol. The average molecular weight is 338 g/mol. The number of thioether (sulfide) groups is 1. The number of hydrogen-bond acceptors (Lipinski definition) is 3. The van der Waals surface area contributed by atoms with Gasteiger partial charge in [-0.2, -0.15) is 0 Å². The normalized spacial score (nSPS) is 14.3. The van der Waals surface area contributed by atoms with Crippen molar-refractivity contribution < 1.29 is 9.59 Å². The predicted molar refractivity (Wildman–Crippen MR) is 98.1 cm³/mol. The Morgan fingerprint density at radius 3 is 2.50 bits per heavy atom. The van der Waals surface area contributed by atoms with Gasteiger partial charge < -0.3 is 10.2 Å². The molecule has 122 valence electrons. The number of rotatable bonds is 5. The number of nitrogens with zero attached hydrogens (tertiary/aromatic N) is 1. The van der Waals surface area contributed by atoms with Crippen LogP contribution in [0.2, 0.25) is 0 Å². The second-order valence-electron chi connectivity index (χ2n) is 5.42. The molecule has 2 amide bonds. The highest BCUT2D eigenvalue weighted by atomic mass is 32.2. The van der Waals surface area contributed by atoms with E-state index in [4.69, 9.17) is 0 Å². The summed E-state index contributed by atoms with van der Waals surface area (Å²) >= 11 is 1.49. The van der Waals surface area contributed by atoms with E-state index in [9.17, 15) is 9.59 Å². The third kappa shape index (κ3) is 4.26. The lowest BCUT2D eigenvalue weighted by Gasteiger charge is -2.15. The maximum atomic E-state index is 11.9. The molecule has 1 aliphatic heterocycles. The smallest absolute Gasteiger partial charge is 0.248 e. The molecule has 0 aliphatic carbocycles. The molecule has 2 aromatic rings. The molecule has 0 radical (unpaired) electrons. The van der Waals surface area contributed by atoms with Gasteiger partial charge in [-0.05, 0) is 48.2 Å². The number of hydrogen-bond donors (Lipinski definition) is 1. The van der Waals surface area contributed by atoms with Crippen molar-refractivity contribution in [2.24, 2.45) is 0 Å². The quantitative estimate of drug-likeness (QED) is 0.661. The van der Waals surface area contributed by atoms with Gasteiger partial charge in [0.15, 0.2) is 0 Å². The van der Waals surface area contributed by atoms with Crippen LogP contribution in [0.5, 0.6) is 0 Å². The highest BCUT2D eigenvalue weighted by molar-refractivity contribution is 8.02. The summed E-state index contributed by atoms with van der Waals surface area (Å²) in [4.78, 5) is 26.5. The summed E-state index contributed by atoms with van der Waals surface area (Å²) in [5, 5.41) is 4.58. The van der Waals surface area contributed by atoms with E-state index in [1.165, 1.54) is 17.8 Å². The fourth-order valence-corrected chi connectivity index (χ4v) is 3.17.